The molecule has 2 atom stereocenters. The van der Waals surface area contributed by atoms with Crippen LogP contribution >= 0.6 is 0 Å². The number of nitrogen functional groups attached to an aromatic ring is 1. The second kappa shape index (κ2) is 5.27. The smallest absolute Gasteiger partial charge is 0.251 e. The molecule has 6 nitrogen and oxygen atoms in total. The van der Waals surface area contributed by atoms with Crippen LogP contribution in [0.4, 0.5) is 11.4 Å². The molecule has 0 aliphatic carbocycles. The van der Waals surface area contributed by atoms with Crippen molar-refractivity contribution in [2.24, 2.45) is 5.92 Å². The van der Waals surface area contributed by atoms with Gasteiger partial charge in [0.05, 0.1) is 23.3 Å². The zero-order chi connectivity index (χ0) is 15.0. The van der Waals surface area contributed by atoms with Crippen molar-refractivity contribution in [2.75, 3.05) is 30.8 Å². The summed E-state index contributed by atoms with van der Waals surface area (Å²) in [5.41, 5.74) is 8.17. The van der Waals surface area contributed by atoms with E-state index in [0.29, 0.717) is 17.8 Å². The van der Waals surface area contributed by atoms with Gasteiger partial charge in [0, 0.05) is 25.7 Å². The standard InChI is InChI=1S/C15H20N4O2/c1-17-14(20)9-4-5-12(11(16)7-9)19-6-2-3-10-13(19)8-18-15(10)21/h4-5,7,10,13H,2-3,6,8,16H2,1H3,(H,17,20)(H,18,21). The highest BCUT2D eigenvalue weighted by atomic mass is 16.2. The Morgan fingerprint density at radius 2 is 2.29 bits per heavy atom. The first-order valence-electron chi connectivity index (χ1n) is 7.28. The number of fused-ring (bicyclic) bond motifs is 1. The Morgan fingerprint density at radius 3 is 3.00 bits per heavy atom. The van der Waals surface area contributed by atoms with Gasteiger partial charge in [0.15, 0.2) is 0 Å². The van der Waals surface area contributed by atoms with Crippen LogP contribution < -0.4 is 21.3 Å². The third-order valence-electron chi connectivity index (χ3n) is 4.43. The van der Waals surface area contributed by atoms with Crippen LogP contribution in [0.1, 0.15) is 23.2 Å². The van der Waals surface area contributed by atoms with Gasteiger partial charge in [-0.25, -0.2) is 0 Å². The number of carbonyl (C=O) groups is 2. The van der Waals surface area contributed by atoms with E-state index in [0.717, 1.165) is 25.1 Å². The van der Waals surface area contributed by atoms with E-state index in [1.54, 1.807) is 19.2 Å². The van der Waals surface area contributed by atoms with E-state index in [2.05, 4.69) is 15.5 Å². The number of anilines is 2. The molecule has 2 heterocycles. The SMILES string of the molecule is CNC(=O)c1ccc(N2CCCC3C(=O)NCC32)c(N)c1. The lowest BCUT2D eigenvalue weighted by molar-refractivity contribution is -0.122. The van der Waals surface area contributed by atoms with E-state index in [4.69, 9.17) is 5.73 Å². The van der Waals surface area contributed by atoms with E-state index in [1.165, 1.54) is 0 Å². The minimum atomic E-state index is -0.150. The Balaban J connectivity index is 1.89. The molecule has 4 N–H and O–H groups in total. The fourth-order valence-corrected chi connectivity index (χ4v) is 3.35. The highest BCUT2D eigenvalue weighted by molar-refractivity contribution is 5.96. The van der Waals surface area contributed by atoms with Crippen molar-refractivity contribution in [1.29, 1.82) is 0 Å². The molecule has 0 radical (unpaired) electrons. The van der Waals surface area contributed by atoms with Crippen molar-refractivity contribution in [3.63, 3.8) is 0 Å². The molecular weight excluding hydrogens is 268 g/mol. The Bertz CT molecular complexity index is 587. The monoisotopic (exact) mass is 288 g/mol. The van der Waals surface area contributed by atoms with Crippen molar-refractivity contribution in [3.05, 3.63) is 23.8 Å². The largest absolute Gasteiger partial charge is 0.397 e. The first-order valence-corrected chi connectivity index (χ1v) is 7.28. The molecule has 112 valence electrons. The summed E-state index contributed by atoms with van der Waals surface area (Å²) in [4.78, 5) is 25.7. The average molecular weight is 288 g/mol. The Kier molecular flexibility index (Phi) is 3.45. The van der Waals surface area contributed by atoms with E-state index in [-0.39, 0.29) is 23.8 Å². The fourth-order valence-electron chi connectivity index (χ4n) is 3.35. The van der Waals surface area contributed by atoms with Gasteiger partial charge in [0.2, 0.25) is 5.91 Å². The molecule has 0 spiro atoms. The van der Waals surface area contributed by atoms with Crippen LogP contribution in [-0.2, 0) is 4.79 Å². The van der Waals surface area contributed by atoms with Gasteiger partial charge in [-0.2, -0.15) is 0 Å². The molecule has 21 heavy (non-hydrogen) atoms. The second-order valence-electron chi connectivity index (χ2n) is 5.61. The van der Waals surface area contributed by atoms with Crippen LogP contribution in [-0.4, -0.2) is 38.0 Å². The number of nitrogens with one attached hydrogen (secondary N) is 2. The van der Waals surface area contributed by atoms with Gasteiger partial charge in [-0.1, -0.05) is 0 Å². The molecule has 2 fully saturated rings. The average Bonchev–Trinajstić information content (AvgIpc) is 2.88. The van der Waals surface area contributed by atoms with Gasteiger partial charge in [-0.3, -0.25) is 9.59 Å². The van der Waals surface area contributed by atoms with Gasteiger partial charge >= 0.3 is 0 Å². The van der Waals surface area contributed by atoms with E-state index < -0.39 is 0 Å². The molecule has 2 amide bonds. The number of amides is 2. The summed E-state index contributed by atoms with van der Waals surface area (Å²) in [5, 5.41) is 5.52. The number of nitrogens with zero attached hydrogens (tertiary/aromatic N) is 1. The van der Waals surface area contributed by atoms with Gasteiger partial charge in [-0.15, -0.1) is 0 Å². The molecule has 6 heteroatoms. The van der Waals surface area contributed by atoms with Crippen LogP contribution in [0.5, 0.6) is 0 Å². The van der Waals surface area contributed by atoms with E-state index in [1.807, 2.05) is 6.07 Å². The van der Waals surface area contributed by atoms with Crippen LogP contribution in [0.15, 0.2) is 18.2 Å². The maximum atomic E-state index is 11.8. The lowest BCUT2D eigenvalue weighted by Crippen LogP contribution is -2.46. The lowest BCUT2D eigenvalue weighted by atomic mass is 9.90. The van der Waals surface area contributed by atoms with Crippen molar-refractivity contribution in [3.8, 4) is 0 Å². The van der Waals surface area contributed by atoms with Gasteiger partial charge in [-0.05, 0) is 31.0 Å². The van der Waals surface area contributed by atoms with E-state index >= 15 is 0 Å². The molecule has 2 aliphatic heterocycles. The van der Waals surface area contributed by atoms with Crippen molar-refractivity contribution in [2.45, 2.75) is 18.9 Å². The van der Waals surface area contributed by atoms with Crippen LogP contribution in [0.25, 0.3) is 0 Å². The Labute approximate surface area is 123 Å². The van der Waals surface area contributed by atoms with Gasteiger partial charge < -0.3 is 21.3 Å². The maximum absolute atomic E-state index is 11.8. The quantitative estimate of drug-likeness (QED) is 0.685. The number of benzene rings is 1. The third kappa shape index (κ3) is 2.30. The number of hydrogen-bond acceptors (Lipinski definition) is 4. The molecule has 2 unspecified atom stereocenters. The fraction of sp³-hybridized carbons (Fsp3) is 0.467. The predicted molar refractivity (Wildman–Crippen MR) is 81.1 cm³/mol. The normalized spacial score (nSPS) is 24.4. The number of piperidine rings is 1. The number of nitrogens with two attached hydrogens (primary N) is 1. The molecule has 1 aromatic carbocycles. The summed E-state index contributed by atoms with van der Waals surface area (Å²) in [6, 6.07) is 5.52. The highest BCUT2D eigenvalue weighted by Crippen LogP contribution is 2.34. The minimum Gasteiger partial charge on any atom is -0.397 e. The molecule has 3 rings (SSSR count). The summed E-state index contributed by atoms with van der Waals surface area (Å²) < 4.78 is 0. The van der Waals surface area contributed by atoms with Gasteiger partial charge in [0.1, 0.15) is 0 Å². The summed E-state index contributed by atoms with van der Waals surface area (Å²) in [5.74, 6) is 0.0458. The van der Waals surface area contributed by atoms with Crippen molar-refractivity contribution >= 4 is 23.2 Å². The van der Waals surface area contributed by atoms with Crippen molar-refractivity contribution < 1.29 is 9.59 Å². The molecular formula is C15H20N4O2. The Hall–Kier alpha value is -2.24. The summed E-state index contributed by atoms with van der Waals surface area (Å²) in [6.07, 6.45) is 1.91. The molecule has 2 saturated heterocycles. The summed E-state index contributed by atoms with van der Waals surface area (Å²) in [7, 11) is 1.59. The molecule has 0 aromatic heterocycles. The molecule has 1 aromatic rings. The Morgan fingerprint density at radius 1 is 1.48 bits per heavy atom. The topological polar surface area (TPSA) is 87.5 Å². The summed E-state index contributed by atoms with van der Waals surface area (Å²) in [6.45, 7) is 1.56. The number of carbonyl (C=O) groups excluding carboxylic acids is 2. The van der Waals surface area contributed by atoms with Crippen LogP contribution in [0.3, 0.4) is 0 Å². The van der Waals surface area contributed by atoms with E-state index in [9.17, 15) is 9.59 Å². The van der Waals surface area contributed by atoms with Gasteiger partial charge in [0.25, 0.3) is 5.91 Å². The number of rotatable bonds is 2. The minimum absolute atomic E-state index is 0.0526. The van der Waals surface area contributed by atoms with Crippen LogP contribution in [0, 0.1) is 5.92 Å². The maximum Gasteiger partial charge on any atom is 0.251 e. The molecule has 0 saturated carbocycles. The lowest BCUT2D eigenvalue weighted by Gasteiger charge is -2.38. The first kappa shape index (κ1) is 13.7. The molecule has 2 aliphatic rings. The predicted octanol–water partition coefficient (Wildman–Crippen LogP) is 0.343. The second-order valence-corrected chi connectivity index (χ2v) is 5.61. The summed E-state index contributed by atoms with van der Waals surface area (Å²) >= 11 is 0. The van der Waals surface area contributed by atoms with Crippen LogP contribution in [0.2, 0.25) is 0 Å². The third-order valence-corrected chi connectivity index (χ3v) is 4.43. The number of hydrogen-bond donors (Lipinski definition) is 3. The highest BCUT2D eigenvalue weighted by Gasteiger charge is 2.41. The molecule has 0 bridgehead atoms. The zero-order valence-electron chi connectivity index (χ0n) is 12.1. The first-order chi connectivity index (χ1) is 10.1. The van der Waals surface area contributed by atoms with Crippen molar-refractivity contribution in [1.82, 2.24) is 10.6 Å². The zero-order valence-corrected chi connectivity index (χ0v) is 12.1.